The van der Waals surface area contributed by atoms with Gasteiger partial charge in [0.05, 0.1) is 0 Å². The van der Waals surface area contributed by atoms with Crippen LogP contribution in [0.1, 0.15) is 27.0 Å². The van der Waals surface area contributed by atoms with Gasteiger partial charge < -0.3 is 10.1 Å². The summed E-state index contributed by atoms with van der Waals surface area (Å²) in [4.78, 5) is 23.7. The summed E-state index contributed by atoms with van der Waals surface area (Å²) >= 11 is 3.34. The fraction of sp³-hybridized carbons (Fsp3) is 0.222. The summed E-state index contributed by atoms with van der Waals surface area (Å²) < 4.78 is 6.09. The Morgan fingerprint density at radius 2 is 1.74 bits per heavy atom. The number of halogens is 1. The van der Waals surface area contributed by atoms with Gasteiger partial charge in [0, 0.05) is 10.0 Å². The summed E-state index contributed by atoms with van der Waals surface area (Å²) in [6, 6.07) is 12.9. The summed E-state index contributed by atoms with van der Waals surface area (Å²) in [5, 5.41) is 2.57. The van der Waals surface area contributed by atoms with Crippen LogP contribution in [0, 0.1) is 13.8 Å². The van der Waals surface area contributed by atoms with Crippen molar-refractivity contribution in [1.29, 1.82) is 0 Å². The first-order chi connectivity index (χ1) is 11.0. The molecular weight excluding hydrogens is 358 g/mol. The van der Waals surface area contributed by atoms with Crippen molar-refractivity contribution in [3.63, 3.8) is 0 Å². The van der Waals surface area contributed by atoms with E-state index in [0.29, 0.717) is 5.56 Å². The molecular formula is C18H18BrNO3. The molecule has 0 heterocycles. The Balaban J connectivity index is 1.80. The van der Waals surface area contributed by atoms with E-state index in [1.807, 2.05) is 44.2 Å². The topological polar surface area (TPSA) is 55.4 Å². The molecule has 23 heavy (non-hydrogen) atoms. The van der Waals surface area contributed by atoms with Crippen LogP contribution < -0.4 is 5.32 Å². The number of esters is 1. The van der Waals surface area contributed by atoms with Gasteiger partial charge in [-0.2, -0.15) is 0 Å². The van der Waals surface area contributed by atoms with E-state index in [2.05, 4.69) is 21.2 Å². The molecule has 0 spiro atoms. The third-order valence-electron chi connectivity index (χ3n) is 3.48. The molecule has 0 fully saturated rings. The van der Waals surface area contributed by atoms with Crippen LogP contribution in [0.25, 0.3) is 0 Å². The summed E-state index contributed by atoms with van der Waals surface area (Å²) in [5.74, 6) is -0.751. The fourth-order valence-corrected chi connectivity index (χ4v) is 2.20. The van der Waals surface area contributed by atoms with E-state index in [1.165, 1.54) is 0 Å². The van der Waals surface area contributed by atoms with E-state index in [4.69, 9.17) is 4.74 Å². The molecule has 4 nitrogen and oxygen atoms in total. The summed E-state index contributed by atoms with van der Waals surface area (Å²) in [7, 11) is 0. The van der Waals surface area contributed by atoms with Gasteiger partial charge in [-0.3, -0.25) is 9.59 Å². The quantitative estimate of drug-likeness (QED) is 0.813. The van der Waals surface area contributed by atoms with Crippen LogP contribution in [0.3, 0.4) is 0 Å². The Kier molecular flexibility index (Phi) is 5.93. The SMILES string of the molecule is Cc1ccc(C(=O)NCC(=O)OCc2ccc(Br)cc2)cc1C. The zero-order valence-corrected chi connectivity index (χ0v) is 14.6. The molecule has 1 amide bonds. The van der Waals surface area contributed by atoms with E-state index < -0.39 is 5.97 Å². The predicted molar refractivity (Wildman–Crippen MR) is 92.2 cm³/mol. The first kappa shape index (κ1) is 17.2. The molecule has 0 aliphatic rings. The second-order valence-electron chi connectivity index (χ2n) is 5.27. The third-order valence-corrected chi connectivity index (χ3v) is 4.00. The van der Waals surface area contributed by atoms with Gasteiger partial charge >= 0.3 is 5.97 Å². The minimum absolute atomic E-state index is 0.151. The van der Waals surface area contributed by atoms with Crippen LogP contribution in [0.15, 0.2) is 46.9 Å². The van der Waals surface area contributed by atoms with Gasteiger partial charge in [0.1, 0.15) is 13.2 Å². The number of benzene rings is 2. The molecule has 0 unspecified atom stereocenters. The lowest BCUT2D eigenvalue weighted by atomic mass is 10.1. The molecule has 0 aromatic heterocycles. The highest BCUT2D eigenvalue weighted by atomic mass is 79.9. The van der Waals surface area contributed by atoms with Gasteiger partial charge in [-0.15, -0.1) is 0 Å². The maximum Gasteiger partial charge on any atom is 0.325 e. The number of carbonyl (C=O) groups is 2. The fourth-order valence-electron chi connectivity index (χ4n) is 1.93. The number of hydrogen-bond donors (Lipinski definition) is 1. The summed E-state index contributed by atoms with van der Waals surface area (Å²) in [5.41, 5.74) is 3.58. The van der Waals surface area contributed by atoms with Crippen LogP contribution in [-0.2, 0) is 16.1 Å². The standard InChI is InChI=1S/C18H18BrNO3/c1-12-3-6-15(9-13(12)2)18(22)20-10-17(21)23-11-14-4-7-16(19)8-5-14/h3-9H,10-11H2,1-2H3,(H,20,22). The minimum atomic E-state index is -0.467. The van der Waals surface area contributed by atoms with Crippen LogP contribution >= 0.6 is 15.9 Å². The zero-order chi connectivity index (χ0) is 16.8. The number of rotatable bonds is 5. The van der Waals surface area contributed by atoms with Crippen molar-refractivity contribution in [2.45, 2.75) is 20.5 Å². The molecule has 2 rings (SSSR count). The number of hydrogen-bond acceptors (Lipinski definition) is 3. The van der Waals surface area contributed by atoms with Crippen LogP contribution in [-0.4, -0.2) is 18.4 Å². The molecule has 120 valence electrons. The predicted octanol–water partition coefficient (Wildman–Crippen LogP) is 3.54. The second-order valence-corrected chi connectivity index (χ2v) is 6.18. The number of nitrogens with one attached hydrogen (secondary N) is 1. The van der Waals surface area contributed by atoms with Gasteiger partial charge in [0.15, 0.2) is 0 Å². The summed E-state index contributed by atoms with van der Waals surface area (Å²) in [6.07, 6.45) is 0. The summed E-state index contributed by atoms with van der Waals surface area (Å²) in [6.45, 7) is 3.96. The molecule has 1 N–H and O–H groups in total. The largest absolute Gasteiger partial charge is 0.460 e. The number of ether oxygens (including phenoxy) is 1. The zero-order valence-electron chi connectivity index (χ0n) is 13.1. The van der Waals surface area contributed by atoms with Crippen molar-refractivity contribution < 1.29 is 14.3 Å². The highest BCUT2D eigenvalue weighted by Crippen LogP contribution is 2.11. The highest BCUT2D eigenvalue weighted by molar-refractivity contribution is 9.10. The van der Waals surface area contributed by atoms with Crippen molar-refractivity contribution in [2.75, 3.05) is 6.54 Å². The number of carbonyl (C=O) groups excluding carboxylic acids is 2. The molecule has 0 aliphatic carbocycles. The molecule has 0 radical (unpaired) electrons. The molecule has 2 aromatic carbocycles. The average molecular weight is 376 g/mol. The van der Waals surface area contributed by atoms with Gasteiger partial charge in [-0.1, -0.05) is 34.1 Å². The maximum absolute atomic E-state index is 12.0. The maximum atomic E-state index is 12.0. The van der Waals surface area contributed by atoms with E-state index in [-0.39, 0.29) is 19.1 Å². The van der Waals surface area contributed by atoms with E-state index in [9.17, 15) is 9.59 Å². The Morgan fingerprint density at radius 1 is 1.04 bits per heavy atom. The lowest BCUT2D eigenvalue weighted by molar-refractivity contribution is -0.143. The normalized spacial score (nSPS) is 10.2. The Hall–Kier alpha value is -2.14. The van der Waals surface area contributed by atoms with Gasteiger partial charge in [0.2, 0.25) is 0 Å². The van der Waals surface area contributed by atoms with Crippen molar-refractivity contribution in [1.82, 2.24) is 5.32 Å². The van der Waals surface area contributed by atoms with E-state index in [0.717, 1.165) is 21.2 Å². The van der Waals surface area contributed by atoms with Crippen molar-refractivity contribution in [3.05, 3.63) is 69.2 Å². The van der Waals surface area contributed by atoms with Crippen molar-refractivity contribution >= 4 is 27.8 Å². The second kappa shape index (κ2) is 7.92. The first-order valence-electron chi connectivity index (χ1n) is 7.21. The minimum Gasteiger partial charge on any atom is -0.460 e. The highest BCUT2D eigenvalue weighted by Gasteiger charge is 2.09. The van der Waals surface area contributed by atoms with Crippen LogP contribution in [0.4, 0.5) is 0 Å². The molecule has 2 aromatic rings. The van der Waals surface area contributed by atoms with E-state index >= 15 is 0 Å². The third kappa shape index (κ3) is 5.21. The molecule has 0 atom stereocenters. The lowest BCUT2D eigenvalue weighted by Crippen LogP contribution is -2.30. The Labute approximate surface area is 144 Å². The first-order valence-corrected chi connectivity index (χ1v) is 8.00. The Morgan fingerprint density at radius 3 is 2.39 bits per heavy atom. The molecule has 0 saturated heterocycles. The van der Waals surface area contributed by atoms with Crippen LogP contribution in [0.5, 0.6) is 0 Å². The van der Waals surface area contributed by atoms with E-state index in [1.54, 1.807) is 12.1 Å². The van der Waals surface area contributed by atoms with Gasteiger partial charge in [0.25, 0.3) is 5.91 Å². The van der Waals surface area contributed by atoms with Crippen LogP contribution in [0.2, 0.25) is 0 Å². The lowest BCUT2D eigenvalue weighted by Gasteiger charge is -2.08. The molecule has 5 heteroatoms. The molecule has 0 saturated carbocycles. The Bertz CT molecular complexity index is 711. The molecule has 0 bridgehead atoms. The smallest absolute Gasteiger partial charge is 0.325 e. The van der Waals surface area contributed by atoms with Gasteiger partial charge in [-0.25, -0.2) is 0 Å². The molecule has 0 aliphatic heterocycles. The van der Waals surface area contributed by atoms with Gasteiger partial charge in [-0.05, 0) is 54.8 Å². The number of amides is 1. The average Bonchev–Trinajstić information content (AvgIpc) is 2.54. The van der Waals surface area contributed by atoms with Crippen molar-refractivity contribution in [2.24, 2.45) is 0 Å². The monoisotopic (exact) mass is 375 g/mol. The number of aryl methyl sites for hydroxylation is 2. The van der Waals surface area contributed by atoms with Crippen molar-refractivity contribution in [3.8, 4) is 0 Å².